The Morgan fingerprint density at radius 2 is 1.74 bits per heavy atom. The third-order valence-electron chi connectivity index (χ3n) is 6.30. The fourth-order valence-electron chi connectivity index (χ4n) is 4.43. The molecule has 3 aromatic rings. The number of aryl methyl sites for hydroxylation is 1. The highest BCUT2D eigenvalue weighted by molar-refractivity contribution is 6.46. The van der Waals surface area contributed by atoms with Crippen LogP contribution in [0.3, 0.4) is 0 Å². The number of likely N-dealkylation sites (N-methyl/N-ethyl adjacent to an activating group) is 1. The maximum Gasteiger partial charge on any atom is 0.295 e. The minimum absolute atomic E-state index is 0.0495. The molecule has 1 saturated heterocycles. The van der Waals surface area contributed by atoms with Crippen molar-refractivity contribution < 1.29 is 24.2 Å². The standard InChI is InChI=1S/C31H32N2O5/c1-5-18-37-24-14-15-26(21(2)19-24)29(34)27-28(33(17-16-32(3)4)31(36)30(27)35)22-10-9-13-25(20-22)38-23-11-7-6-8-12-23/h5-15,19-20,28,34H,1,16-18H2,2-4H3. The number of rotatable bonds is 10. The summed E-state index contributed by atoms with van der Waals surface area (Å²) in [4.78, 5) is 30.1. The molecule has 3 aromatic carbocycles. The summed E-state index contributed by atoms with van der Waals surface area (Å²) in [5, 5.41) is 11.5. The number of likely N-dealkylation sites (tertiary alicyclic amines) is 1. The molecule has 38 heavy (non-hydrogen) atoms. The summed E-state index contributed by atoms with van der Waals surface area (Å²) < 4.78 is 11.6. The molecule has 0 aliphatic carbocycles. The van der Waals surface area contributed by atoms with E-state index in [0.717, 1.165) is 0 Å². The van der Waals surface area contributed by atoms with Crippen LogP contribution in [0.4, 0.5) is 0 Å². The van der Waals surface area contributed by atoms with E-state index in [1.165, 1.54) is 4.90 Å². The molecule has 1 amide bonds. The number of ketones is 1. The largest absolute Gasteiger partial charge is 0.507 e. The van der Waals surface area contributed by atoms with E-state index in [1.807, 2.05) is 74.4 Å². The number of aliphatic hydroxyl groups excluding tert-OH is 1. The van der Waals surface area contributed by atoms with Crippen molar-refractivity contribution in [3.8, 4) is 17.2 Å². The maximum absolute atomic E-state index is 13.4. The molecule has 1 atom stereocenters. The van der Waals surface area contributed by atoms with Crippen LogP contribution < -0.4 is 9.47 Å². The summed E-state index contributed by atoms with van der Waals surface area (Å²) >= 11 is 0. The van der Waals surface area contributed by atoms with Crippen LogP contribution in [0.2, 0.25) is 0 Å². The van der Waals surface area contributed by atoms with Crippen molar-refractivity contribution in [1.82, 2.24) is 9.80 Å². The Morgan fingerprint density at radius 1 is 1.00 bits per heavy atom. The van der Waals surface area contributed by atoms with Crippen molar-refractivity contribution in [1.29, 1.82) is 0 Å². The van der Waals surface area contributed by atoms with Gasteiger partial charge < -0.3 is 24.4 Å². The summed E-state index contributed by atoms with van der Waals surface area (Å²) in [7, 11) is 3.80. The molecule has 0 spiro atoms. The number of carbonyl (C=O) groups is 2. The van der Waals surface area contributed by atoms with Crippen LogP contribution in [0.15, 0.2) is 91.0 Å². The Balaban J connectivity index is 1.79. The Morgan fingerprint density at radius 3 is 2.42 bits per heavy atom. The van der Waals surface area contributed by atoms with Crippen LogP contribution >= 0.6 is 0 Å². The van der Waals surface area contributed by atoms with Crippen molar-refractivity contribution in [3.63, 3.8) is 0 Å². The topological polar surface area (TPSA) is 79.3 Å². The van der Waals surface area contributed by atoms with Gasteiger partial charge in [0.2, 0.25) is 0 Å². The predicted octanol–water partition coefficient (Wildman–Crippen LogP) is 5.34. The maximum atomic E-state index is 13.4. The SMILES string of the molecule is C=CCOc1ccc(C(O)=C2C(=O)C(=O)N(CCN(C)C)C2c2cccc(Oc3ccccc3)c2)c(C)c1. The first kappa shape index (κ1) is 26.7. The Bertz CT molecular complexity index is 1360. The van der Waals surface area contributed by atoms with Gasteiger partial charge in [0.25, 0.3) is 11.7 Å². The van der Waals surface area contributed by atoms with Gasteiger partial charge in [-0.25, -0.2) is 0 Å². The highest BCUT2D eigenvalue weighted by Crippen LogP contribution is 2.41. The van der Waals surface area contributed by atoms with E-state index in [4.69, 9.17) is 9.47 Å². The third kappa shape index (κ3) is 5.79. The van der Waals surface area contributed by atoms with Gasteiger partial charge in [-0.15, -0.1) is 0 Å². The van der Waals surface area contributed by atoms with Crippen LogP contribution in [-0.2, 0) is 9.59 Å². The zero-order valence-corrected chi connectivity index (χ0v) is 21.9. The zero-order valence-electron chi connectivity index (χ0n) is 21.9. The van der Waals surface area contributed by atoms with Crippen molar-refractivity contribution in [3.05, 3.63) is 108 Å². The number of nitrogens with zero attached hydrogens (tertiary/aromatic N) is 2. The Hall–Kier alpha value is -4.36. The minimum Gasteiger partial charge on any atom is -0.507 e. The van der Waals surface area contributed by atoms with Gasteiger partial charge in [-0.05, 0) is 74.6 Å². The van der Waals surface area contributed by atoms with Crippen molar-refractivity contribution in [2.24, 2.45) is 0 Å². The quantitative estimate of drug-likeness (QED) is 0.171. The van der Waals surface area contributed by atoms with Crippen molar-refractivity contribution in [2.75, 3.05) is 33.8 Å². The highest BCUT2D eigenvalue weighted by Gasteiger charge is 2.46. The first-order chi connectivity index (χ1) is 18.3. The lowest BCUT2D eigenvalue weighted by Crippen LogP contribution is -2.35. The number of ether oxygens (including phenoxy) is 2. The van der Waals surface area contributed by atoms with Gasteiger partial charge in [-0.2, -0.15) is 0 Å². The number of aliphatic hydroxyl groups is 1. The number of hydrogen-bond donors (Lipinski definition) is 1. The van der Waals surface area contributed by atoms with Crippen molar-refractivity contribution in [2.45, 2.75) is 13.0 Å². The number of para-hydroxylation sites is 1. The van der Waals surface area contributed by atoms with Gasteiger partial charge >= 0.3 is 0 Å². The van der Waals surface area contributed by atoms with Gasteiger partial charge in [0.15, 0.2) is 0 Å². The van der Waals surface area contributed by atoms with Crippen LogP contribution in [0.25, 0.3) is 5.76 Å². The number of Topliss-reactive ketones (excluding diaryl/α,β-unsaturated/α-hetero) is 1. The Kier molecular flexibility index (Phi) is 8.28. The van der Waals surface area contributed by atoms with Crippen LogP contribution in [0.5, 0.6) is 17.2 Å². The molecule has 0 aromatic heterocycles. The van der Waals surface area contributed by atoms with E-state index in [2.05, 4.69) is 6.58 Å². The van der Waals surface area contributed by atoms with Crippen molar-refractivity contribution >= 4 is 17.4 Å². The molecule has 0 bridgehead atoms. The van der Waals surface area contributed by atoms with Gasteiger partial charge in [0.1, 0.15) is 29.6 Å². The monoisotopic (exact) mass is 512 g/mol. The lowest BCUT2D eigenvalue weighted by molar-refractivity contribution is -0.140. The summed E-state index contributed by atoms with van der Waals surface area (Å²) in [6.07, 6.45) is 1.65. The van der Waals surface area contributed by atoms with Gasteiger partial charge in [0.05, 0.1) is 11.6 Å². The second-order valence-electron chi connectivity index (χ2n) is 9.36. The molecule has 1 fully saturated rings. The fourth-order valence-corrected chi connectivity index (χ4v) is 4.43. The molecule has 1 heterocycles. The van der Waals surface area contributed by atoms with Crippen LogP contribution in [0, 0.1) is 6.92 Å². The molecule has 1 aliphatic rings. The molecular weight excluding hydrogens is 480 g/mol. The molecule has 196 valence electrons. The normalized spacial score (nSPS) is 16.6. The minimum atomic E-state index is -0.773. The lowest BCUT2D eigenvalue weighted by atomic mass is 9.93. The number of amides is 1. The van der Waals surface area contributed by atoms with E-state index in [0.29, 0.717) is 53.6 Å². The molecular formula is C31H32N2O5. The fraction of sp³-hybridized carbons (Fsp3) is 0.226. The molecule has 7 heteroatoms. The Labute approximate surface area is 223 Å². The van der Waals surface area contributed by atoms with E-state index < -0.39 is 17.7 Å². The first-order valence-electron chi connectivity index (χ1n) is 12.4. The average molecular weight is 513 g/mol. The number of benzene rings is 3. The number of carbonyl (C=O) groups excluding carboxylic acids is 2. The molecule has 0 saturated carbocycles. The van der Waals surface area contributed by atoms with E-state index in [9.17, 15) is 14.7 Å². The van der Waals surface area contributed by atoms with E-state index in [-0.39, 0.29) is 11.3 Å². The van der Waals surface area contributed by atoms with Crippen LogP contribution in [-0.4, -0.2) is 60.4 Å². The summed E-state index contributed by atoms with van der Waals surface area (Å²) in [6, 6.07) is 21.1. The second-order valence-corrected chi connectivity index (χ2v) is 9.36. The van der Waals surface area contributed by atoms with Gasteiger partial charge in [0, 0.05) is 18.7 Å². The first-order valence-corrected chi connectivity index (χ1v) is 12.4. The second kappa shape index (κ2) is 11.8. The average Bonchev–Trinajstić information content (AvgIpc) is 3.16. The van der Waals surface area contributed by atoms with E-state index >= 15 is 0 Å². The lowest BCUT2D eigenvalue weighted by Gasteiger charge is -2.27. The molecule has 4 rings (SSSR count). The molecule has 7 nitrogen and oxygen atoms in total. The molecule has 1 unspecified atom stereocenters. The highest BCUT2D eigenvalue weighted by atomic mass is 16.5. The zero-order chi connectivity index (χ0) is 27.2. The smallest absolute Gasteiger partial charge is 0.295 e. The third-order valence-corrected chi connectivity index (χ3v) is 6.30. The molecule has 1 N–H and O–H groups in total. The van der Waals surface area contributed by atoms with Gasteiger partial charge in [-0.3, -0.25) is 9.59 Å². The molecule has 1 aliphatic heterocycles. The molecule has 0 radical (unpaired) electrons. The summed E-state index contributed by atoms with van der Waals surface area (Å²) in [5.74, 6) is 0.270. The summed E-state index contributed by atoms with van der Waals surface area (Å²) in [6.45, 7) is 6.69. The van der Waals surface area contributed by atoms with E-state index in [1.54, 1.807) is 30.3 Å². The number of hydrogen-bond acceptors (Lipinski definition) is 6. The predicted molar refractivity (Wildman–Crippen MR) is 147 cm³/mol. The summed E-state index contributed by atoms with van der Waals surface area (Å²) in [5.41, 5.74) is 1.89. The van der Waals surface area contributed by atoms with Gasteiger partial charge in [-0.1, -0.05) is 43.0 Å². The van der Waals surface area contributed by atoms with Crippen LogP contribution in [0.1, 0.15) is 22.7 Å².